The zero-order valence-corrected chi connectivity index (χ0v) is 20.7. The quantitative estimate of drug-likeness (QED) is 0.625. The number of carbonyl (C=O) groups excluding carboxylic acids is 1. The van der Waals surface area contributed by atoms with Gasteiger partial charge in [0.05, 0.1) is 35.8 Å². The Morgan fingerprint density at radius 2 is 1.92 bits per heavy atom. The summed E-state index contributed by atoms with van der Waals surface area (Å²) in [7, 11) is 0. The minimum atomic E-state index is -1.02. The predicted octanol–water partition coefficient (Wildman–Crippen LogP) is 4.33. The largest absolute Gasteiger partial charge is 0.438 e. The lowest BCUT2D eigenvalue weighted by atomic mass is 9.40. The maximum Gasteiger partial charge on any atom is 0.275 e. The molecule has 5 aliphatic rings. The van der Waals surface area contributed by atoms with Crippen LogP contribution in [0.4, 0.5) is 5.95 Å². The van der Waals surface area contributed by atoms with E-state index >= 15 is 0 Å². The van der Waals surface area contributed by atoms with Crippen LogP contribution >= 0.6 is 0 Å². The Labute approximate surface area is 209 Å². The number of nitriles is 2. The van der Waals surface area contributed by atoms with Gasteiger partial charge in [0.25, 0.3) is 5.91 Å². The lowest BCUT2D eigenvalue weighted by Gasteiger charge is -2.66. The fraction of sp³-hybridized carbons (Fsp3) is 0.444. The third-order valence-electron chi connectivity index (χ3n) is 7.85. The molecule has 0 spiro atoms. The van der Waals surface area contributed by atoms with Crippen LogP contribution in [0.5, 0.6) is 11.6 Å². The van der Waals surface area contributed by atoms with Crippen molar-refractivity contribution in [3.8, 4) is 23.8 Å². The van der Waals surface area contributed by atoms with Crippen molar-refractivity contribution in [2.75, 3.05) is 11.9 Å². The lowest BCUT2D eigenvalue weighted by Crippen LogP contribution is -2.70. The number of carbonyl (C=O) groups is 1. The van der Waals surface area contributed by atoms with Gasteiger partial charge < -0.3 is 19.7 Å². The average Bonchev–Trinajstić information content (AvgIpc) is 3.19. The first-order chi connectivity index (χ1) is 17.1. The summed E-state index contributed by atoms with van der Waals surface area (Å²) in [6.07, 6.45) is 5.31. The SMILES string of the molecule is Cc1cc(/C=C/C#N)cc(C)c1Oc1nc(NC23CC(C#N)(C2)C3)nc2c1C1(C)O[C@H](C)CN1C2=O. The Kier molecular flexibility index (Phi) is 4.55. The topological polar surface area (TPSA) is 124 Å². The van der Waals surface area contributed by atoms with Crippen LogP contribution in [0.3, 0.4) is 0 Å². The third kappa shape index (κ3) is 3.06. The highest BCUT2D eigenvalue weighted by molar-refractivity contribution is 5.99. The summed E-state index contributed by atoms with van der Waals surface area (Å²) in [5, 5.41) is 21.6. The molecule has 1 saturated heterocycles. The highest BCUT2D eigenvalue weighted by Gasteiger charge is 2.69. The molecule has 3 aliphatic carbocycles. The molecule has 9 nitrogen and oxygen atoms in total. The van der Waals surface area contributed by atoms with E-state index in [0.717, 1.165) is 36.0 Å². The highest BCUT2D eigenvalue weighted by Crippen LogP contribution is 2.67. The van der Waals surface area contributed by atoms with Crippen molar-refractivity contribution in [1.82, 2.24) is 14.9 Å². The van der Waals surface area contributed by atoms with Crippen molar-refractivity contribution in [2.24, 2.45) is 5.41 Å². The number of nitrogens with one attached hydrogen (secondary N) is 1. The number of aromatic nitrogens is 2. The average molecular weight is 483 g/mol. The lowest BCUT2D eigenvalue weighted by molar-refractivity contribution is -0.0732. The van der Waals surface area contributed by atoms with Crippen LogP contribution in [-0.2, 0) is 10.5 Å². The number of anilines is 1. The molecule has 36 heavy (non-hydrogen) atoms. The van der Waals surface area contributed by atoms with Gasteiger partial charge in [-0.3, -0.25) is 4.79 Å². The second-order valence-electron chi connectivity index (χ2n) is 10.8. The van der Waals surface area contributed by atoms with Gasteiger partial charge in [-0.15, -0.1) is 0 Å². The normalized spacial score (nSPS) is 31.2. The number of hydrogen-bond donors (Lipinski definition) is 1. The van der Waals surface area contributed by atoms with E-state index < -0.39 is 5.72 Å². The first kappa shape index (κ1) is 22.5. The fourth-order valence-corrected chi connectivity index (χ4v) is 6.41. The number of hydrogen-bond acceptors (Lipinski definition) is 8. The molecule has 1 amide bonds. The number of amides is 1. The molecule has 2 bridgehead atoms. The monoisotopic (exact) mass is 482 g/mol. The zero-order chi connectivity index (χ0) is 25.5. The van der Waals surface area contributed by atoms with Crippen molar-refractivity contribution in [3.63, 3.8) is 0 Å². The standard InChI is InChI=1S/C27H26N6O3/c1-15-8-18(6-5-7-28)9-16(2)21(15)35-22-19-20(23(34)33-10-17(3)36-25(19,33)4)30-24(31-22)32-27-11-26(12-27,13-27)14-29/h5-6,8-9,17H,10-13H2,1-4H3,(H,30,31,32)/b6-5+/t17-,25?,26?,27?/m1/s1. The van der Waals surface area contributed by atoms with E-state index in [4.69, 9.17) is 19.7 Å². The van der Waals surface area contributed by atoms with Crippen LogP contribution in [0.15, 0.2) is 18.2 Å². The maximum absolute atomic E-state index is 13.4. The van der Waals surface area contributed by atoms with E-state index in [1.807, 2.05) is 45.9 Å². The second kappa shape index (κ2) is 7.28. The first-order valence-corrected chi connectivity index (χ1v) is 12.1. The number of allylic oxidation sites excluding steroid dienone is 1. The number of fused-ring (bicyclic) bond motifs is 3. The molecule has 1 aromatic heterocycles. The first-order valence-electron chi connectivity index (χ1n) is 12.1. The third-order valence-corrected chi connectivity index (χ3v) is 7.85. The Bertz CT molecular complexity index is 1410. The van der Waals surface area contributed by atoms with Crippen LogP contribution in [0, 0.1) is 41.9 Å². The molecular formula is C27H26N6O3. The van der Waals surface area contributed by atoms with Gasteiger partial charge in [0.1, 0.15) is 11.4 Å². The van der Waals surface area contributed by atoms with Crippen molar-refractivity contribution >= 4 is 17.9 Å². The van der Waals surface area contributed by atoms with Gasteiger partial charge in [-0.05, 0) is 81.9 Å². The minimum Gasteiger partial charge on any atom is -0.438 e. The molecule has 3 heterocycles. The number of benzene rings is 1. The molecule has 9 heteroatoms. The van der Waals surface area contributed by atoms with Gasteiger partial charge >= 0.3 is 0 Å². The molecular weight excluding hydrogens is 456 g/mol. The van der Waals surface area contributed by atoms with E-state index in [-0.39, 0.29) is 34.5 Å². The summed E-state index contributed by atoms with van der Waals surface area (Å²) < 4.78 is 12.7. The van der Waals surface area contributed by atoms with E-state index in [2.05, 4.69) is 16.4 Å². The van der Waals surface area contributed by atoms with Crippen LogP contribution in [0.25, 0.3) is 6.08 Å². The van der Waals surface area contributed by atoms with Crippen molar-refractivity contribution in [2.45, 2.75) is 64.3 Å². The van der Waals surface area contributed by atoms with Gasteiger partial charge in [-0.2, -0.15) is 15.5 Å². The summed E-state index contributed by atoms with van der Waals surface area (Å²) in [5.41, 5.74) is 2.00. The second-order valence-corrected chi connectivity index (χ2v) is 10.8. The summed E-state index contributed by atoms with van der Waals surface area (Å²) in [5.74, 6) is 1.03. The molecule has 1 N–H and O–H groups in total. The fourth-order valence-electron chi connectivity index (χ4n) is 6.41. The number of aryl methyl sites for hydroxylation is 2. The van der Waals surface area contributed by atoms with E-state index in [1.54, 1.807) is 11.0 Å². The van der Waals surface area contributed by atoms with Crippen LogP contribution in [-0.4, -0.2) is 39.0 Å². The number of nitrogens with zero attached hydrogens (tertiary/aromatic N) is 5. The summed E-state index contributed by atoms with van der Waals surface area (Å²) in [6, 6.07) is 8.29. The Balaban J connectivity index is 1.42. The van der Waals surface area contributed by atoms with Crippen LogP contribution < -0.4 is 10.1 Å². The zero-order valence-electron chi connectivity index (χ0n) is 20.7. The van der Waals surface area contributed by atoms with Gasteiger partial charge in [-0.1, -0.05) is 0 Å². The van der Waals surface area contributed by atoms with Gasteiger partial charge in [0, 0.05) is 11.6 Å². The molecule has 2 aliphatic heterocycles. The molecule has 4 fully saturated rings. The van der Waals surface area contributed by atoms with Gasteiger partial charge in [-0.25, -0.2) is 4.98 Å². The Hall–Kier alpha value is -3.95. The Morgan fingerprint density at radius 1 is 1.22 bits per heavy atom. The Morgan fingerprint density at radius 3 is 2.56 bits per heavy atom. The molecule has 3 saturated carbocycles. The molecule has 2 atom stereocenters. The van der Waals surface area contributed by atoms with E-state index in [1.165, 1.54) is 6.08 Å². The van der Waals surface area contributed by atoms with Gasteiger partial charge in [0.15, 0.2) is 5.72 Å². The maximum atomic E-state index is 13.4. The summed E-state index contributed by atoms with van der Waals surface area (Å²) >= 11 is 0. The van der Waals surface area contributed by atoms with Crippen LogP contribution in [0.1, 0.15) is 65.9 Å². The number of rotatable bonds is 5. The predicted molar refractivity (Wildman–Crippen MR) is 130 cm³/mol. The minimum absolute atomic E-state index is 0.129. The molecule has 182 valence electrons. The van der Waals surface area contributed by atoms with Gasteiger partial charge in [0.2, 0.25) is 11.8 Å². The van der Waals surface area contributed by atoms with E-state index in [9.17, 15) is 10.1 Å². The summed E-state index contributed by atoms with van der Waals surface area (Å²) in [6.45, 7) is 8.12. The summed E-state index contributed by atoms with van der Waals surface area (Å²) in [4.78, 5) is 24.5. The smallest absolute Gasteiger partial charge is 0.275 e. The molecule has 1 aromatic carbocycles. The van der Waals surface area contributed by atoms with Crippen molar-refractivity contribution < 1.29 is 14.3 Å². The van der Waals surface area contributed by atoms with E-state index in [0.29, 0.717) is 23.8 Å². The molecule has 7 rings (SSSR count). The number of ether oxygens (including phenoxy) is 2. The van der Waals surface area contributed by atoms with Crippen LogP contribution in [0.2, 0.25) is 0 Å². The highest BCUT2D eigenvalue weighted by atomic mass is 16.5. The van der Waals surface area contributed by atoms with Crippen molar-refractivity contribution in [3.05, 3.63) is 46.2 Å². The molecule has 0 radical (unpaired) electrons. The molecule has 2 aromatic rings. The molecule has 1 unspecified atom stereocenters. The van der Waals surface area contributed by atoms with Crippen molar-refractivity contribution in [1.29, 1.82) is 10.5 Å².